The van der Waals surface area contributed by atoms with E-state index < -0.39 is 11.9 Å². The van der Waals surface area contributed by atoms with Crippen LogP contribution in [0.25, 0.3) is 0 Å². The minimum atomic E-state index is -0.524. The molecule has 0 bridgehead atoms. The molecule has 0 saturated heterocycles. The van der Waals surface area contributed by atoms with Crippen molar-refractivity contribution in [2.75, 3.05) is 13.7 Å². The number of amides is 1. The van der Waals surface area contributed by atoms with Gasteiger partial charge in [0.2, 0.25) is 0 Å². The molecule has 0 aliphatic heterocycles. The van der Waals surface area contributed by atoms with Crippen LogP contribution in [0, 0.1) is 6.92 Å². The molecule has 0 aliphatic rings. The zero-order valence-corrected chi connectivity index (χ0v) is 9.67. The highest BCUT2D eigenvalue weighted by Gasteiger charge is 2.12. The van der Waals surface area contributed by atoms with Gasteiger partial charge in [0, 0.05) is 11.9 Å². The molecule has 0 aliphatic carbocycles. The van der Waals surface area contributed by atoms with E-state index in [4.69, 9.17) is 11.6 Å². The molecule has 6 heteroatoms. The monoisotopic (exact) mass is 242 g/mol. The molecule has 0 unspecified atom stereocenters. The van der Waals surface area contributed by atoms with Crippen LogP contribution in [0.4, 0.5) is 0 Å². The Bertz CT molecular complexity index is 421. The fraction of sp³-hybridized carbons (Fsp3) is 0.300. The van der Waals surface area contributed by atoms with Crippen molar-refractivity contribution in [2.24, 2.45) is 0 Å². The van der Waals surface area contributed by atoms with Gasteiger partial charge in [-0.3, -0.25) is 14.6 Å². The van der Waals surface area contributed by atoms with Crippen LogP contribution in [-0.2, 0) is 9.53 Å². The zero-order chi connectivity index (χ0) is 12.1. The number of aromatic nitrogens is 1. The molecule has 0 fully saturated rings. The van der Waals surface area contributed by atoms with Gasteiger partial charge in [-0.25, -0.2) is 0 Å². The SMILES string of the molecule is COC(=O)CNC(=O)c1cnc(C)cc1Cl. The third kappa shape index (κ3) is 3.20. The Kier molecular flexibility index (Phi) is 4.25. The molecular formula is C10H11ClN2O3. The second-order valence-electron chi connectivity index (χ2n) is 3.06. The van der Waals surface area contributed by atoms with Crippen molar-refractivity contribution in [2.45, 2.75) is 6.92 Å². The summed E-state index contributed by atoms with van der Waals surface area (Å²) < 4.78 is 4.38. The van der Waals surface area contributed by atoms with Gasteiger partial charge < -0.3 is 10.1 Å². The summed E-state index contributed by atoms with van der Waals surface area (Å²) in [5.74, 6) is -0.979. The molecule has 1 aromatic rings. The van der Waals surface area contributed by atoms with E-state index in [0.29, 0.717) is 5.02 Å². The van der Waals surface area contributed by atoms with Crippen LogP contribution in [0.3, 0.4) is 0 Å². The van der Waals surface area contributed by atoms with E-state index in [2.05, 4.69) is 15.0 Å². The van der Waals surface area contributed by atoms with Gasteiger partial charge >= 0.3 is 5.97 Å². The van der Waals surface area contributed by atoms with Crippen molar-refractivity contribution in [3.05, 3.63) is 28.5 Å². The van der Waals surface area contributed by atoms with Crippen LogP contribution in [0.2, 0.25) is 5.02 Å². The average Bonchev–Trinajstić information content (AvgIpc) is 2.25. The first-order valence-corrected chi connectivity index (χ1v) is 4.89. The van der Waals surface area contributed by atoms with E-state index >= 15 is 0 Å². The minimum absolute atomic E-state index is 0.195. The molecule has 0 saturated carbocycles. The molecular weight excluding hydrogens is 232 g/mol. The number of ether oxygens (including phenoxy) is 1. The van der Waals surface area contributed by atoms with Gasteiger partial charge in [-0.15, -0.1) is 0 Å². The second kappa shape index (κ2) is 5.46. The highest BCUT2D eigenvalue weighted by Crippen LogP contribution is 2.15. The first-order chi connectivity index (χ1) is 7.54. The smallest absolute Gasteiger partial charge is 0.325 e. The maximum atomic E-state index is 11.6. The van der Waals surface area contributed by atoms with E-state index in [9.17, 15) is 9.59 Å². The summed E-state index contributed by atoms with van der Waals surface area (Å²) in [5.41, 5.74) is 0.950. The lowest BCUT2D eigenvalue weighted by Gasteiger charge is -2.05. The van der Waals surface area contributed by atoms with Crippen molar-refractivity contribution in [1.82, 2.24) is 10.3 Å². The number of aryl methyl sites for hydroxylation is 1. The molecule has 1 aromatic heterocycles. The van der Waals surface area contributed by atoms with Crippen molar-refractivity contribution >= 4 is 23.5 Å². The van der Waals surface area contributed by atoms with Crippen LogP contribution >= 0.6 is 11.6 Å². The van der Waals surface area contributed by atoms with Crippen molar-refractivity contribution in [1.29, 1.82) is 0 Å². The van der Waals surface area contributed by atoms with E-state index in [-0.39, 0.29) is 12.1 Å². The Labute approximate surface area is 97.8 Å². The summed E-state index contributed by atoms with van der Waals surface area (Å²) in [6, 6.07) is 1.58. The third-order valence-electron chi connectivity index (χ3n) is 1.86. The van der Waals surface area contributed by atoms with Crippen molar-refractivity contribution < 1.29 is 14.3 Å². The molecule has 0 radical (unpaired) electrons. The number of carbonyl (C=O) groups excluding carboxylic acids is 2. The fourth-order valence-corrected chi connectivity index (χ4v) is 1.31. The van der Waals surface area contributed by atoms with E-state index in [1.165, 1.54) is 13.3 Å². The molecule has 0 spiro atoms. The summed E-state index contributed by atoms with van der Waals surface area (Å²) in [7, 11) is 1.24. The molecule has 0 aromatic carbocycles. The van der Waals surface area contributed by atoms with Gasteiger partial charge in [-0.1, -0.05) is 11.6 Å². The lowest BCUT2D eigenvalue weighted by atomic mass is 10.2. The van der Waals surface area contributed by atoms with Gasteiger partial charge in [0.15, 0.2) is 0 Å². The molecule has 1 heterocycles. The Hall–Kier alpha value is -1.62. The van der Waals surface area contributed by atoms with E-state index in [0.717, 1.165) is 5.69 Å². The van der Waals surface area contributed by atoms with E-state index in [1.807, 2.05) is 0 Å². The summed E-state index contributed by atoms with van der Waals surface area (Å²) in [5, 5.41) is 2.67. The lowest BCUT2D eigenvalue weighted by Crippen LogP contribution is -2.30. The van der Waals surface area contributed by atoms with Gasteiger partial charge in [0.1, 0.15) is 6.54 Å². The van der Waals surface area contributed by atoms with Gasteiger partial charge in [0.25, 0.3) is 5.91 Å². The number of rotatable bonds is 3. The maximum absolute atomic E-state index is 11.6. The van der Waals surface area contributed by atoms with Gasteiger partial charge in [-0.05, 0) is 13.0 Å². The Morgan fingerprint density at radius 2 is 2.25 bits per heavy atom. The minimum Gasteiger partial charge on any atom is -0.468 e. The quantitative estimate of drug-likeness (QED) is 0.802. The summed E-state index contributed by atoms with van der Waals surface area (Å²) in [6.07, 6.45) is 1.37. The summed E-state index contributed by atoms with van der Waals surface area (Å²) in [4.78, 5) is 26.3. The number of methoxy groups -OCH3 is 1. The first-order valence-electron chi connectivity index (χ1n) is 4.51. The van der Waals surface area contributed by atoms with Crippen LogP contribution in [0.15, 0.2) is 12.3 Å². The number of nitrogens with zero attached hydrogens (tertiary/aromatic N) is 1. The number of pyridine rings is 1. The van der Waals surface area contributed by atoms with Crippen LogP contribution in [0.5, 0.6) is 0 Å². The molecule has 1 N–H and O–H groups in total. The molecule has 1 rings (SSSR count). The topological polar surface area (TPSA) is 68.3 Å². The molecule has 16 heavy (non-hydrogen) atoms. The second-order valence-corrected chi connectivity index (χ2v) is 3.47. The third-order valence-corrected chi connectivity index (χ3v) is 2.17. The van der Waals surface area contributed by atoms with Gasteiger partial charge in [0.05, 0.1) is 17.7 Å². The predicted molar refractivity (Wildman–Crippen MR) is 58.3 cm³/mol. The highest BCUT2D eigenvalue weighted by atomic mass is 35.5. The number of halogens is 1. The van der Waals surface area contributed by atoms with Gasteiger partial charge in [-0.2, -0.15) is 0 Å². The average molecular weight is 243 g/mol. The summed E-state index contributed by atoms with van der Waals surface area (Å²) >= 11 is 5.86. The zero-order valence-electron chi connectivity index (χ0n) is 8.91. The van der Waals surface area contributed by atoms with Crippen molar-refractivity contribution in [3.8, 4) is 0 Å². The first kappa shape index (κ1) is 12.4. The maximum Gasteiger partial charge on any atom is 0.325 e. The fourth-order valence-electron chi connectivity index (χ4n) is 1.01. The Morgan fingerprint density at radius 1 is 1.56 bits per heavy atom. The lowest BCUT2D eigenvalue weighted by molar-refractivity contribution is -0.139. The van der Waals surface area contributed by atoms with Crippen LogP contribution in [0.1, 0.15) is 16.1 Å². The number of nitrogens with one attached hydrogen (secondary N) is 1. The number of esters is 1. The number of hydrogen-bond donors (Lipinski definition) is 1. The Balaban J connectivity index is 2.70. The van der Waals surface area contributed by atoms with Crippen LogP contribution < -0.4 is 5.32 Å². The van der Waals surface area contributed by atoms with E-state index in [1.54, 1.807) is 13.0 Å². The molecule has 5 nitrogen and oxygen atoms in total. The van der Waals surface area contributed by atoms with Crippen molar-refractivity contribution in [3.63, 3.8) is 0 Å². The number of carbonyl (C=O) groups is 2. The predicted octanol–water partition coefficient (Wildman–Crippen LogP) is 0.946. The highest BCUT2D eigenvalue weighted by molar-refractivity contribution is 6.33. The standard InChI is InChI=1S/C10H11ClN2O3/c1-6-3-8(11)7(4-12-6)10(15)13-5-9(14)16-2/h3-4H,5H2,1-2H3,(H,13,15). The largest absolute Gasteiger partial charge is 0.468 e. The van der Waals surface area contributed by atoms with Crippen LogP contribution in [-0.4, -0.2) is 30.5 Å². The summed E-state index contributed by atoms with van der Waals surface area (Å²) in [6.45, 7) is 1.57. The molecule has 1 amide bonds. The number of hydrogen-bond acceptors (Lipinski definition) is 4. The molecule has 0 atom stereocenters. The Morgan fingerprint density at radius 3 is 2.81 bits per heavy atom. The molecule has 86 valence electrons. The normalized spacial score (nSPS) is 9.69.